The molecule has 0 aromatic heterocycles. The van der Waals surface area contributed by atoms with Crippen LogP contribution in [0.15, 0.2) is 59.5 Å². The SMILES string of the molecule is CS(=O)(=O)N(CCNS(=O)(=O)c1cccc(Cl)c1)c1ccccc1. The molecule has 130 valence electrons. The summed E-state index contributed by atoms with van der Waals surface area (Å²) in [5.74, 6) is 0. The molecule has 0 aliphatic rings. The summed E-state index contributed by atoms with van der Waals surface area (Å²) in [5.41, 5.74) is 0.474. The van der Waals surface area contributed by atoms with Crippen molar-refractivity contribution in [2.24, 2.45) is 0 Å². The van der Waals surface area contributed by atoms with Crippen molar-refractivity contribution in [3.05, 3.63) is 59.6 Å². The van der Waals surface area contributed by atoms with Crippen LogP contribution in [0, 0.1) is 0 Å². The largest absolute Gasteiger partial charge is 0.269 e. The van der Waals surface area contributed by atoms with Gasteiger partial charge >= 0.3 is 0 Å². The third-order valence-corrected chi connectivity index (χ3v) is 6.05. The first-order valence-electron chi connectivity index (χ1n) is 6.98. The lowest BCUT2D eigenvalue weighted by Crippen LogP contribution is -2.38. The van der Waals surface area contributed by atoms with Gasteiger partial charge in [-0.3, -0.25) is 4.31 Å². The van der Waals surface area contributed by atoms with E-state index in [0.29, 0.717) is 10.7 Å². The number of benzene rings is 2. The van der Waals surface area contributed by atoms with Crippen LogP contribution in [0.3, 0.4) is 0 Å². The van der Waals surface area contributed by atoms with E-state index in [2.05, 4.69) is 4.72 Å². The van der Waals surface area contributed by atoms with Crippen LogP contribution in [0.1, 0.15) is 0 Å². The van der Waals surface area contributed by atoms with Gasteiger partial charge in [-0.25, -0.2) is 21.6 Å². The highest BCUT2D eigenvalue weighted by molar-refractivity contribution is 7.92. The molecule has 2 rings (SSSR count). The molecule has 24 heavy (non-hydrogen) atoms. The Morgan fingerprint density at radius 2 is 1.67 bits per heavy atom. The van der Waals surface area contributed by atoms with Crippen LogP contribution < -0.4 is 9.03 Å². The zero-order chi connectivity index (χ0) is 17.8. The van der Waals surface area contributed by atoms with Crippen molar-refractivity contribution >= 4 is 37.3 Å². The van der Waals surface area contributed by atoms with E-state index >= 15 is 0 Å². The molecule has 0 saturated heterocycles. The highest BCUT2D eigenvalue weighted by atomic mass is 35.5. The lowest BCUT2D eigenvalue weighted by atomic mass is 10.3. The molecular formula is C15H17ClN2O4S2. The van der Waals surface area contributed by atoms with E-state index in [-0.39, 0.29) is 18.0 Å². The molecular weight excluding hydrogens is 372 g/mol. The molecule has 0 bridgehead atoms. The van der Waals surface area contributed by atoms with Crippen LogP contribution in [0.4, 0.5) is 5.69 Å². The Hall–Kier alpha value is -1.61. The van der Waals surface area contributed by atoms with E-state index < -0.39 is 20.0 Å². The first-order valence-corrected chi connectivity index (χ1v) is 10.7. The van der Waals surface area contributed by atoms with Crippen molar-refractivity contribution < 1.29 is 16.8 Å². The van der Waals surface area contributed by atoms with Crippen LogP contribution >= 0.6 is 11.6 Å². The van der Waals surface area contributed by atoms with Gasteiger partial charge in [0.2, 0.25) is 20.0 Å². The summed E-state index contributed by atoms with van der Waals surface area (Å²) in [6, 6.07) is 14.3. The van der Waals surface area contributed by atoms with E-state index in [1.165, 1.54) is 18.2 Å². The van der Waals surface area contributed by atoms with Crippen molar-refractivity contribution in [1.82, 2.24) is 4.72 Å². The standard InChI is InChI=1S/C15H17ClN2O4S2/c1-23(19,20)18(14-7-3-2-4-8-14)11-10-17-24(21,22)15-9-5-6-13(16)12-15/h2-9,12,17H,10-11H2,1H3. The number of halogens is 1. The number of sulfonamides is 2. The number of anilines is 1. The van der Waals surface area contributed by atoms with Gasteiger partial charge in [-0.05, 0) is 30.3 Å². The molecule has 1 N–H and O–H groups in total. The second-order valence-corrected chi connectivity index (χ2v) is 9.14. The molecule has 9 heteroatoms. The topological polar surface area (TPSA) is 83.6 Å². The highest BCUT2D eigenvalue weighted by Gasteiger charge is 2.19. The van der Waals surface area contributed by atoms with Gasteiger partial charge in [0, 0.05) is 18.1 Å². The summed E-state index contributed by atoms with van der Waals surface area (Å²) in [6.45, 7) is -0.0978. The predicted molar refractivity (Wildman–Crippen MR) is 95.3 cm³/mol. The van der Waals surface area contributed by atoms with Crippen LogP contribution in [-0.4, -0.2) is 36.2 Å². The van der Waals surface area contributed by atoms with Gasteiger partial charge in [0.25, 0.3) is 0 Å². The van der Waals surface area contributed by atoms with E-state index in [0.717, 1.165) is 10.6 Å². The van der Waals surface area contributed by atoms with Crippen molar-refractivity contribution in [3.63, 3.8) is 0 Å². The summed E-state index contributed by atoms with van der Waals surface area (Å²) in [7, 11) is -7.29. The van der Waals surface area contributed by atoms with Gasteiger partial charge in [0.15, 0.2) is 0 Å². The minimum Gasteiger partial charge on any atom is -0.269 e. The zero-order valence-electron chi connectivity index (χ0n) is 12.9. The summed E-state index contributed by atoms with van der Waals surface area (Å²) in [6.07, 6.45) is 1.07. The molecule has 0 unspecified atom stereocenters. The zero-order valence-corrected chi connectivity index (χ0v) is 15.3. The van der Waals surface area contributed by atoms with E-state index in [1.807, 2.05) is 0 Å². The maximum atomic E-state index is 12.2. The average molecular weight is 389 g/mol. The minimum absolute atomic E-state index is 0.0252. The fourth-order valence-electron chi connectivity index (χ4n) is 2.08. The van der Waals surface area contributed by atoms with Crippen LogP contribution in [0.25, 0.3) is 0 Å². The van der Waals surface area contributed by atoms with Gasteiger partial charge in [-0.2, -0.15) is 0 Å². The molecule has 0 saturated carbocycles. The quantitative estimate of drug-likeness (QED) is 0.787. The van der Waals surface area contributed by atoms with Gasteiger partial charge in [-0.1, -0.05) is 35.9 Å². The third kappa shape index (κ3) is 4.94. The second kappa shape index (κ2) is 7.52. The van der Waals surface area contributed by atoms with Gasteiger partial charge in [-0.15, -0.1) is 0 Å². The summed E-state index contributed by atoms with van der Waals surface area (Å²) in [5, 5.41) is 0.305. The number of nitrogens with one attached hydrogen (secondary N) is 1. The van der Waals surface area contributed by atoms with E-state index in [1.54, 1.807) is 36.4 Å². The molecule has 0 spiro atoms. The maximum Gasteiger partial charge on any atom is 0.240 e. The third-order valence-electron chi connectivity index (χ3n) is 3.16. The minimum atomic E-state index is -3.76. The molecule has 0 aliphatic heterocycles. The number of nitrogens with zero attached hydrogens (tertiary/aromatic N) is 1. The molecule has 0 radical (unpaired) electrons. The monoisotopic (exact) mass is 388 g/mol. The fourth-order valence-corrected chi connectivity index (χ4v) is 4.33. The lowest BCUT2D eigenvalue weighted by molar-refractivity contribution is 0.578. The molecule has 0 aliphatic carbocycles. The Morgan fingerprint density at radius 3 is 2.25 bits per heavy atom. The van der Waals surface area contributed by atoms with E-state index in [4.69, 9.17) is 11.6 Å². The van der Waals surface area contributed by atoms with Crippen LogP contribution in [0.2, 0.25) is 5.02 Å². The highest BCUT2D eigenvalue weighted by Crippen LogP contribution is 2.17. The van der Waals surface area contributed by atoms with Crippen LogP contribution in [0.5, 0.6) is 0 Å². The Balaban J connectivity index is 2.11. The Labute approximate surface area is 147 Å². The molecule has 2 aromatic carbocycles. The lowest BCUT2D eigenvalue weighted by Gasteiger charge is -2.22. The number of para-hydroxylation sites is 1. The molecule has 0 atom stereocenters. The molecule has 0 fully saturated rings. The first kappa shape index (κ1) is 18.7. The smallest absolute Gasteiger partial charge is 0.240 e. The fraction of sp³-hybridized carbons (Fsp3) is 0.200. The maximum absolute atomic E-state index is 12.2. The normalized spacial score (nSPS) is 12.1. The molecule has 6 nitrogen and oxygen atoms in total. The van der Waals surface area contributed by atoms with Crippen molar-refractivity contribution in [1.29, 1.82) is 0 Å². The molecule has 0 amide bonds. The van der Waals surface area contributed by atoms with Gasteiger partial charge in [0.05, 0.1) is 16.8 Å². The van der Waals surface area contributed by atoms with E-state index in [9.17, 15) is 16.8 Å². The van der Waals surface area contributed by atoms with Crippen molar-refractivity contribution in [2.45, 2.75) is 4.90 Å². The first-order chi connectivity index (χ1) is 11.2. The summed E-state index contributed by atoms with van der Waals surface area (Å²) < 4.78 is 51.8. The Morgan fingerprint density at radius 1 is 1.00 bits per heavy atom. The Kier molecular flexibility index (Phi) is 5.87. The van der Waals surface area contributed by atoms with Gasteiger partial charge < -0.3 is 0 Å². The van der Waals surface area contributed by atoms with Crippen LogP contribution in [-0.2, 0) is 20.0 Å². The average Bonchev–Trinajstić information content (AvgIpc) is 2.51. The Bertz CT molecular complexity index is 900. The summed E-state index contributed by atoms with van der Waals surface area (Å²) in [4.78, 5) is 0.0283. The number of hydrogen-bond donors (Lipinski definition) is 1. The second-order valence-electron chi connectivity index (χ2n) is 5.03. The summed E-state index contributed by atoms with van der Waals surface area (Å²) >= 11 is 5.80. The number of rotatable bonds is 7. The molecule has 0 heterocycles. The van der Waals surface area contributed by atoms with Crippen molar-refractivity contribution in [3.8, 4) is 0 Å². The van der Waals surface area contributed by atoms with Gasteiger partial charge in [0.1, 0.15) is 0 Å². The van der Waals surface area contributed by atoms with Crippen molar-refractivity contribution in [2.75, 3.05) is 23.7 Å². The number of hydrogen-bond acceptors (Lipinski definition) is 4. The predicted octanol–water partition coefficient (Wildman–Crippen LogP) is 2.08. The molecule has 2 aromatic rings.